The second-order valence-corrected chi connectivity index (χ2v) is 5.56. The summed E-state index contributed by atoms with van der Waals surface area (Å²) in [6.45, 7) is -0.810. The van der Waals surface area contributed by atoms with Crippen molar-refractivity contribution in [1.29, 1.82) is 0 Å². The minimum absolute atomic E-state index is 0.604. The highest BCUT2D eigenvalue weighted by molar-refractivity contribution is 7.85. The van der Waals surface area contributed by atoms with Crippen LogP contribution in [-0.4, -0.2) is 48.0 Å². The maximum atomic E-state index is 12.0. The van der Waals surface area contributed by atoms with Crippen LogP contribution in [0.25, 0.3) is 0 Å². The van der Waals surface area contributed by atoms with E-state index >= 15 is 0 Å². The van der Waals surface area contributed by atoms with Gasteiger partial charge in [-0.15, -0.1) is 0 Å². The molecule has 0 amide bonds. The number of benzene rings is 1. The predicted octanol–water partition coefficient (Wildman–Crippen LogP) is 1.11. The number of aromatic hydroxyl groups is 1. The number of carbonyl (C=O) groups is 1. The molecular weight excluding hydrogens is 333 g/mol. The quantitative estimate of drug-likeness (QED) is 0.540. The topological polar surface area (TPSA) is 121 Å². The number of ether oxygens (including phenoxy) is 1. The third-order valence-corrected chi connectivity index (χ3v) is 3.34. The van der Waals surface area contributed by atoms with Crippen LogP contribution in [0.3, 0.4) is 0 Å². The molecule has 1 unspecified atom stereocenters. The van der Waals surface area contributed by atoms with Crippen LogP contribution in [0.15, 0.2) is 23.1 Å². The summed E-state index contributed by atoms with van der Waals surface area (Å²) >= 11 is 0. The summed E-state index contributed by atoms with van der Waals surface area (Å²) in [6.07, 6.45) is -8.47. The van der Waals surface area contributed by atoms with Crippen LogP contribution < -0.4 is 0 Å². The Labute approximate surface area is 122 Å². The highest BCUT2D eigenvalue weighted by Crippen LogP contribution is 2.24. The first-order valence-electron chi connectivity index (χ1n) is 5.65. The van der Waals surface area contributed by atoms with E-state index in [0.717, 1.165) is 12.1 Å². The monoisotopic (exact) mass is 344 g/mol. The van der Waals surface area contributed by atoms with Crippen LogP contribution in [0.2, 0.25) is 0 Å². The summed E-state index contributed by atoms with van der Waals surface area (Å²) < 4.78 is 71.1. The number of phenolic OH excluding ortho intramolecular Hbond substituents is 1. The van der Waals surface area contributed by atoms with E-state index in [-0.39, 0.29) is 0 Å². The number of phenols is 1. The fourth-order valence-electron chi connectivity index (χ4n) is 1.34. The fraction of sp³-hybridized carbons (Fsp3) is 0.364. The zero-order valence-corrected chi connectivity index (χ0v) is 11.6. The number of rotatable bonds is 5. The van der Waals surface area contributed by atoms with Crippen molar-refractivity contribution in [2.24, 2.45) is 0 Å². The number of aliphatic hydroxyl groups is 1. The molecule has 0 fully saturated rings. The largest absolute Gasteiger partial charge is 0.507 e. The lowest BCUT2D eigenvalue weighted by atomic mass is 10.2. The van der Waals surface area contributed by atoms with Gasteiger partial charge in [-0.3, -0.25) is 4.55 Å². The molecule has 0 aliphatic rings. The number of hydrogen-bond acceptors (Lipinski definition) is 6. The fourth-order valence-corrected chi connectivity index (χ4v) is 1.85. The van der Waals surface area contributed by atoms with Crippen LogP contribution in [-0.2, 0) is 14.9 Å². The first kappa shape index (κ1) is 18.2. The molecule has 0 heterocycles. The average Bonchev–Trinajstić information content (AvgIpc) is 2.36. The molecule has 0 radical (unpaired) electrons. The Morgan fingerprint density at radius 3 is 2.41 bits per heavy atom. The lowest BCUT2D eigenvalue weighted by molar-refractivity contribution is -0.207. The van der Waals surface area contributed by atoms with Crippen molar-refractivity contribution in [2.45, 2.75) is 23.6 Å². The van der Waals surface area contributed by atoms with Gasteiger partial charge in [-0.2, -0.15) is 21.6 Å². The molecule has 0 aliphatic carbocycles. The number of esters is 1. The van der Waals surface area contributed by atoms with E-state index in [9.17, 15) is 31.5 Å². The Bertz CT molecular complexity index is 654. The number of halogens is 3. The van der Waals surface area contributed by atoms with Gasteiger partial charge in [-0.05, 0) is 18.2 Å². The molecule has 0 saturated carbocycles. The Morgan fingerprint density at radius 2 is 1.91 bits per heavy atom. The van der Waals surface area contributed by atoms with Gasteiger partial charge in [0.25, 0.3) is 10.1 Å². The molecule has 1 aromatic carbocycles. The molecule has 7 nitrogen and oxygen atoms in total. The molecule has 0 saturated heterocycles. The number of aliphatic hydroxyl groups excluding tert-OH is 1. The van der Waals surface area contributed by atoms with Gasteiger partial charge in [0.2, 0.25) is 0 Å². The second-order valence-electron chi connectivity index (χ2n) is 4.14. The molecule has 124 valence electrons. The van der Waals surface area contributed by atoms with Crippen molar-refractivity contribution in [3.05, 3.63) is 23.8 Å². The first-order valence-corrected chi connectivity index (χ1v) is 7.09. The Morgan fingerprint density at radius 1 is 1.32 bits per heavy atom. The lowest BCUT2D eigenvalue weighted by Gasteiger charge is -2.14. The minimum atomic E-state index is -4.86. The van der Waals surface area contributed by atoms with E-state index in [0.29, 0.717) is 6.07 Å². The van der Waals surface area contributed by atoms with Gasteiger partial charge in [0.05, 0.1) is 11.5 Å². The van der Waals surface area contributed by atoms with E-state index < -0.39 is 57.6 Å². The van der Waals surface area contributed by atoms with Crippen LogP contribution in [0.5, 0.6) is 5.75 Å². The van der Waals surface area contributed by atoms with E-state index in [1.54, 1.807) is 0 Å². The third kappa shape index (κ3) is 4.86. The summed E-state index contributed by atoms with van der Waals surface area (Å²) in [5.41, 5.74) is -0.656. The molecular formula is C11H11F3O7S. The van der Waals surface area contributed by atoms with Gasteiger partial charge in [0.15, 0.2) is 6.10 Å². The van der Waals surface area contributed by atoms with Crippen molar-refractivity contribution >= 4 is 16.1 Å². The van der Waals surface area contributed by atoms with Crippen molar-refractivity contribution in [2.75, 3.05) is 6.61 Å². The van der Waals surface area contributed by atoms with Gasteiger partial charge in [-0.1, -0.05) is 0 Å². The molecule has 0 bridgehead atoms. The molecule has 3 N–H and O–H groups in total. The molecule has 0 spiro atoms. The lowest BCUT2D eigenvalue weighted by Crippen LogP contribution is -2.30. The van der Waals surface area contributed by atoms with E-state index in [2.05, 4.69) is 4.74 Å². The van der Waals surface area contributed by atoms with Gasteiger partial charge >= 0.3 is 12.1 Å². The van der Waals surface area contributed by atoms with Gasteiger partial charge < -0.3 is 14.9 Å². The molecule has 0 aliphatic heterocycles. The zero-order chi connectivity index (χ0) is 17.1. The molecule has 1 rings (SSSR count). The minimum Gasteiger partial charge on any atom is -0.507 e. The molecule has 1 aromatic rings. The molecule has 1 atom stereocenters. The number of alkyl halides is 3. The van der Waals surface area contributed by atoms with Crippen molar-refractivity contribution < 1.29 is 45.9 Å². The summed E-state index contributed by atoms with van der Waals surface area (Å²) in [4.78, 5) is 10.9. The highest BCUT2D eigenvalue weighted by Gasteiger charge is 2.37. The standard InChI is InChI=1S/C11H11F3O7S/c12-11(13,14)9(16)3-4-21-10(17)7-5-6(22(18,19)20)1-2-8(7)15/h1-2,5,9,15-16H,3-4H2,(H,18,19,20). The third-order valence-electron chi connectivity index (χ3n) is 2.49. The number of hydrogen-bond donors (Lipinski definition) is 3. The normalized spacial score (nSPS) is 13.7. The maximum Gasteiger partial charge on any atom is 0.414 e. The van der Waals surface area contributed by atoms with E-state index in [1.165, 1.54) is 0 Å². The Kier molecular flexibility index (Phi) is 5.38. The summed E-state index contributed by atoms with van der Waals surface area (Å²) in [6, 6.07) is 2.21. The maximum absolute atomic E-state index is 12.0. The van der Waals surface area contributed by atoms with Crippen molar-refractivity contribution in [3.63, 3.8) is 0 Å². The summed E-state index contributed by atoms with van der Waals surface area (Å²) in [5.74, 6) is -1.99. The van der Waals surface area contributed by atoms with Crippen LogP contribution >= 0.6 is 0 Å². The number of carbonyl (C=O) groups excluding carboxylic acids is 1. The van der Waals surface area contributed by atoms with Crippen molar-refractivity contribution in [1.82, 2.24) is 0 Å². The average molecular weight is 344 g/mol. The van der Waals surface area contributed by atoms with Crippen LogP contribution in [0.1, 0.15) is 16.8 Å². The van der Waals surface area contributed by atoms with Gasteiger partial charge in [0.1, 0.15) is 11.3 Å². The molecule has 22 heavy (non-hydrogen) atoms. The summed E-state index contributed by atoms with van der Waals surface area (Å²) in [7, 11) is -4.64. The van der Waals surface area contributed by atoms with Crippen LogP contribution in [0, 0.1) is 0 Å². The Balaban J connectivity index is 2.78. The second kappa shape index (κ2) is 6.50. The predicted molar refractivity (Wildman–Crippen MR) is 64.9 cm³/mol. The molecule has 11 heteroatoms. The zero-order valence-electron chi connectivity index (χ0n) is 10.7. The smallest absolute Gasteiger partial charge is 0.414 e. The SMILES string of the molecule is O=C(OCCC(O)C(F)(F)F)c1cc(S(=O)(=O)O)ccc1O. The summed E-state index contributed by atoms with van der Waals surface area (Å²) in [5, 5.41) is 18.1. The first-order chi connectivity index (χ1) is 9.93. The van der Waals surface area contributed by atoms with E-state index in [1.807, 2.05) is 0 Å². The van der Waals surface area contributed by atoms with Crippen LogP contribution in [0.4, 0.5) is 13.2 Å². The van der Waals surface area contributed by atoms with Gasteiger partial charge in [-0.25, -0.2) is 4.79 Å². The Hall–Kier alpha value is -1.85. The van der Waals surface area contributed by atoms with Crippen molar-refractivity contribution in [3.8, 4) is 5.75 Å². The van der Waals surface area contributed by atoms with Gasteiger partial charge in [0, 0.05) is 6.42 Å². The van der Waals surface area contributed by atoms with E-state index in [4.69, 9.17) is 9.66 Å². The molecule has 0 aromatic heterocycles. The highest BCUT2D eigenvalue weighted by atomic mass is 32.2.